The predicted molar refractivity (Wildman–Crippen MR) is 188 cm³/mol. The van der Waals surface area contributed by atoms with Gasteiger partial charge >= 0.3 is 0 Å². The van der Waals surface area contributed by atoms with Crippen molar-refractivity contribution in [3.8, 4) is 0 Å². The Morgan fingerprint density at radius 3 is 2.17 bits per heavy atom. The number of nitrogens with one attached hydrogen (secondary N) is 1. The lowest BCUT2D eigenvalue weighted by atomic mass is 10.0. The van der Waals surface area contributed by atoms with Crippen molar-refractivity contribution in [1.82, 2.24) is 10.2 Å². The van der Waals surface area contributed by atoms with Gasteiger partial charge in [0, 0.05) is 24.0 Å². The molecular formula is C38H42ClN3O4S. The molecule has 246 valence electrons. The van der Waals surface area contributed by atoms with Crippen molar-refractivity contribution in [2.75, 3.05) is 10.8 Å². The van der Waals surface area contributed by atoms with Crippen LogP contribution >= 0.6 is 11.6 Å². The Hall–Kier alpha value is -4.14. The summed E-state index contributed by atoms with van der Waals surface area (Å²) in [4.78, 5) is 30.5. The molecule has 0 saturated heterocycles. The van der Waals surface area contributed by atoms with Gasteiger partial charge in [-0.05, 0) is 80.1 Å². The van der Waals surface area contributed by atoms with E-state index in [1.807, 2.05) is 81.4 Å². The monoisotopic (exact) mass is 671 g/mol. The van der Waals surface area contributed by atoms with Gasteiger partial charge in [-0.15, -0.1) is 0 Å². The molecule has 1 N–H and O–H groups in total. The molecule has 0 aliphatic heterocycles. The Morgan fingerprint density at radius 1 is 0.851 bits per heavy atom. The predicted octanol–water partition coefficient (Wildman–Crippen LogP) is 7.16. The Balaban J connectivity index is 1.60. The number of nitrogens with zero attached hydrogens (tertiary/aromatic N) is 2. The Labute approximate surface area is 283 Å². The molecule has 0 bridgehead atoms. The quantitative estimate of drug-likeness (QED) is 0.173. The molecule has 5 rings (SSSR count). The van der Waals surface area contributed by atoms with E-state index < -0.39 is 28.5 Å². The molecule has 1 aliphatic rings. The summed E-state index contributed by atoms with van der Waals surface area (Å²) in [6.45, 7) is 5.12. The van der Waals surface area contributed by atoms with E-state index in [1.165, 1.54) is 9.21 Å². The number of benzene rings is 4. The number of amides is 2. The van der Waals surface area contributed by atoms with Gasteiger partial charge in [0.25, 0.3) is 10.0 Å². The lowest BCUT2D eigenvalue weighted by Crippen LogP contribution is -2.54. The van der Waals surface area contributed by atoms with Gasteiger partial charge in [0.1, 0.15) is 12.6 Å². The van der Waals surface area contributed by atoms with E-state index in [9.17, 15) is 18.0 Å². The fourth-order valence-corrected chi connectivity index (χ4v) is 7.74. The van der Waals surface area contributed by atoms with Crippen LogP contribution in [0.1, 0.15) is 53.5 Å². The molecule has 1 saturated carbocycles. The third kappa shape index (κ3) is 8.42. The minimum Gasteiger partial charge on any atom is -0.352 e. The molecule has 4 aromatic carbocycles. The second kappa shape index (κ2) is 15.2. The summed E-state index contributed by atoms with van der Waals surface area (Å²) in [7, 11) is -4.18. The van der Waals surface area contributed by atoms with Crippen LogP contribution in [0.15, 0.2) is 102 Å². The number of hydrogen-bond donors (Lipinski definition) is 1. The van der Waals surface area contributed by atoms with Crippen LogP contribution in [0.2, 0.25) is 5.02 Å². The molecule has 1 aliphatic carbocycles. The van der Waals surface area contributed by atoms with Gasteiger partial charge in [-0.3, -0.25) is 13.9 Å². The van der Waals surface area contributed by atoms with Crippen molar-refractivity contribution in [3.63, 3.8) is 0 Å². The fourth-order valence-electron chi connectivity index (χ4n) is 6.07. The largest absolute Gasteiger partial charge is 0.352 e. The Kier molecular flexibility index (Phi) is 11.0. The lowest BCUT2D eigenvalue weighted by molar-refractivity contribution is -0.140. The zero-order chi connectivity index (χ0) is 33.6. The zero-order valence-corrected chi connectivity index (χ0v) is 28.7. The first kappa shape index (κ1) is 34.2. The minimum atomic E-state index is -4.18. The van der Waals surface area contributed by atoms with Crippen LogP contribution in [-0.4, -0.2) is 43.8 Å². The molecule has 0 aromatic heterocycles. The Morgan fingerprint density at radius 2 is 1.49 bits per heavy atom. The molecule has 0 spiro atoms. The number of aryl methyl sites for hydroxylation is 3. The molecule has 47 heavy (non-hydrogen) atoms. The SMILES string of the molecule is Cc1ccc(S(=O)(=O)N(CC(=O)N(Cc2ccccc2Cl)[C@@H](Cc2ccccc2)C(=O)NC2CCCC2)c2cc(C)ccc2C)cc1. The molecule has 0 unspecified atom stereocenters. The molecule has 1 atom stereocenters. The lowest BCUT2D eigenvalue weighted by Gasteiger charge is -2.35. The van der Waals surface area contributed by atoms with Crippen LogP contribution in [0.3, 0.4) is 0 Å². The first-order chi connectivity index (χ1) is 22.5. The van der Waals surface area contributed by atoms with E-state index in [0.29, 0.717) is 21.8 Å². The molecule has 1 fully saturated rings. The van der Waals surface area contributed by atoms with Gasteiger partial charge < -0.3 is 10.2 Å². The zero-order valence-electron chi connectivity index (χ0n) is 27.2. The third-order valence-corrected chi connectivity index (χ3v) is 10.9. The van der Waals surface area contributed by atoms with Crippen LogP contribution in [0.25, 0.3) is 0 Å². The molecule has 9 heteroatoms. The molecule has 2 amide bonds. The number of halogens is 1. The molecule has 7 nitrogen and oxygen atoms in total. The van der Waals surface area contributed by atoms with Crippen molar-refractivity contribution in [2.24, 2.45) is 0 Å². The highest BCUT2D eigenvalue weighted by atomic mass is 35.5. The van der Waals surface area contributed by atoms with E-state index >= 15 is 0 Å². The Bertz CT molecular complexity index is 1810. The van der Waals surface area contributed by atoms with Crippen LogP contribution in [-0.2, 0) is 32.6 Å². The first-order valence-electron chi connectivity index (χ1n) is 16.1. The first-order valence-corrected chi connectivity index (χ1v) is 17.9. The van der Waals surface area contributed by atoms with Crippen LogP contribution in [0.4, 0.5) is 5.69 Å². The van der Waals surface area contributed by atoms with Crippen LogP contribution < -0.4 is 9.62 Å². The van der Waals surface area contributed by atoms with Crippen molar-refractivity contribution < 1.29 is 18.0 Å². The summed E-state index contributed by atoms with van der Waals surface area (Å²) in [5, 5.41) is 3.66. The molecule has 4 aromatic rings. The van der Waals surface area contributed by atoms with Crippen LogP contribution in [0.5, 0.6) is 0 Å². The van der Waals surface area contributed by atoms with Crippen molar-refractivity contribution in [2.45, 2.75) is 76.4 Å². The van der Waals surface area contributed by atoms with Gasteiger partial charge in [0.15, 0.2) is 0 Å². The summed E-state index contributed by atoms with van der Waals surface area (Å²) < 4.78 is 29.9. The summed E-state index contributed by atoms with van der Waals surface area (Å²) >= 11 is 6.62. The fraction of sp³-hybridized carbons (Fsp3) is 0.316. The van der Waals surface area contributed by atoms with E-state index in [0.717, 1.165) is 42.4 Å². The van der Waals surface area contributed by atoms with Gasteiger partial charge in [-0.25, -0.2) is 8.42 Å². The van der Waals surface area contributed by atoms with Crippen molar-refractivity contribution in [3.05, 3.63) is 130 Å². The highest BCUT2D eigenvalue weighted by Gasteiger charge is 2.36. The standard InChI is InChI=1S/C38H42ClN3O4S/c1-27-18-21-33(22-19-27)47(45,46)42(35-23-28(2)17-20-29(35)3)26-37(43)41(25-31-13-7-10-16-34(31)39)36(24-30-11-5-4-6-12-30)38(44)40-32-14-8-9-15-32/h4-7,10-13,16-23,32,36H,8-9,14-15,24-26H2,1-3H3,(H,40,44)/t36-/m0/s1. The number of rotatable bonds is 12. The average Bonchev–Trinajstić information content (AvgIpc) is 3.57. The maximum atomic E-state index is 14.7. The number of carbonyl (C=O) groups is 2. The number of carbonyl (C=O) groups excluding carboxylic acids is 2. The second-order valence-corrected chi connectivity index (χ2v) is 14.7. The topological polar surface area (TPSA) is 86.8 Å². The molecule has 0 radical (unpaired) electrons. The summed E-state index contributed by atoms with van der Waals surface area (Å²) in [5.74, 6) is -0.773. The van der Waals surface area contributed by atoms with Gasteiger partial charge in [-0.1, -0.05) is 103 Å². The van der Waals surface area contributed by atoms with E-state index in [2.05, 4.69) is 5.32 Å². The van der Waals surface area contributed by atoms with Crippen molar-refractivity contribution >= 4 is 39.1 Å². The second-order valence-electron chi connectivity index (χ2n) is 12.4. The van der Waals surface area contributed by atoms with Gasteiger partial charge in [0.05, 0.1) is 10.6 Å². The summed E-state index contributed by atoms with van der Waals surface area (Å²) in [6, 6.07) is 28.0. The summed E-state index contributed by atoms with van der Waals surface area (Å²) in [5.41, 5.74) is 4.43. The number of sulfonamides is 1. The molecular weight excluding hydrogens is 630 g/mol. The smallest absolute Gasteiger partial charge is 0.264 e. The van der Waals surface area contributed by atoms with Crippen molar-refractivity contribution in [1.29, 1.82) is 0 Å². The number of hydrogen-bond acceptors (Lipinski definition) is 4. The molecule has 0 heterocycles. The minimum absolute atomic E-state index is 0.0271. The maximum absolute atomic E-state index is 14.7. The number of anilines is 1. The third-order valence-electron chi connectivity index (χ3n) is 8.79. The van der Waals surface area contributed by atoms with E-state index in [4.69, 9.17) is 11.6 Å². The van der Waals surface area contributed by atoms with E-state index in [1.54, 1.807) is 36.4 Å². The average molecular weight is 672 g/mol. The van der Waals surface area contributed by atoms with Gasteiger partial charge in [0.2, 0.25) is 11.8 Å². The highest BCUT2D eigenvalue weighted by Crippen LogP contribution is 2.30. The normalized spacial score (nSPS) is 14.0. The van der Waals surface area contributed by atoms with Gasteiger partial charge in [-0.2, -0.15) is 0 Å². The highest BCUT2D eigenvalue weighted by molar-refractivity contribution is 7.92. The van der Waals surface area contributed by atoms with E-state index in [-0.39, 0.29) is 29.8 Å². The van der Waals surface area contributed by atoms with Crippen LogP contribution in [0, 0.1) is 20.8 Å². The maximum Gasteiger partial charge on any atom is 0.264 e. The summed E-state index contributed by atoms with van der Waals surface area (Å²) in [6.07, 6.45) is 4.11.